The Hall–Kier alpha value is -0.610. The van der Waals surface area contributed by atoms with E-state index in [-0.39, 0.29) is 25.2 Å². The number of carbonyl (C=O) groups excluding carboxylic acids is 1. The Morgan fingerprint density at radius 1 is 1.91 bits per heavy atom. The van der Waals surface area contributed by atoms with E-state index in [4.69, 9.17) is 9.84 Å². The second-order valence-electron chi connectivity index (χ2n) is 3.19. The molecule has 2 N–H and O–H groups in total. The van der Waals surface area contributed by atoms with Crippen molar-refractivity contribution >= 4 is 5.97 Å². The smallest absolute Gasteiger partial charge is 0.322 e. The quantitative estimate of drug-likeness (QED) is 0.495. The molecule has 1 rings (SSSR count). The van der Waals surface area contributed by atoms with Crippen molar-refractivity contribution < 1.29 is 14.6 Å². The Kier molecular flexibility index (Phi) is 2.15. The van der Waals surface area contributed by atoms with E-state index in [2.05, 4.69) is 5.32 Å². The van der Waals surface area contributed by atoms with E-state index < -0.39 is 5.54 Å². The van der Waals surface area contributed by atoms with Crippen LogP contribution in [0.5, 0.6) is 0 Å². The topological polar surface area (TPSA) is 58.6 Å². The van der Waals surface area contributed by atoms with Crippen molar-refractivity contribution in [1.29, 1.82) is 0 Å². The Morgan fingerprint density at radius 2 is 2.55 bits per heavy atom. The molecule has 1 aliphatic rings. The number of nitrogens with one attached hydrogen (secondary N) is 1. The molecule has 0 aromatic heterocycles. The Morgan fingerprint density at radius 3 is 3.00 bits per heavy atom. The minimum atomic E-state index is -0.465. The fourth-order valence-electron chi connectivity index (χ4n) is 1.07. The Labute approximate surface area is 65.5 Å². The van der Waals surface area contributed by atoms with E-state index in [9.17, 15) is 4.79 Å². The van der Waals surface area contributed by atoms with Crippen LogP contribution in [0.3, 0.4) is 0 Å². The van der Waals surface area contributed by atoms with E-state index in [0.717, 1.165) is 0 Å². The van der Waals surface area contributed by atoms with Crippen LogP contribution in [0.15, 0.2) is 0 Å². The number of morpholine rings is 1. The van der Waals surface area contributed by atoms with Gasteiger partial charge in [-0.3, -0.25) is 10.1 Å². The molecule has 2 atom stereocenters. The van der Waals surface area contributed by atoms with E-state index in [1.165, 1.54) is 0 Å². The van der Waals surface area contributed by atoms with Crippen LogP contribution < -0.4 is 5.32 Å². The third kappa shape index (κ3) is 1.70. The predicted octanol–water partition coefficient (Wildman–Crippen LogP) is -0.728. The van der Waals surface area contributed by atoms with Gasteiger partial charge in [0.2, 0.25) is 0 Å². The number of cyclic esters (lactones) is 1. The second-order valence-corrected chi connectivity index (χ2v) is 3.19. The molecule has 0 amide bonds. The molecule has 0 saturated carbocycles. The zero-order chi connectivity index (χ0) is 8.48. The number of rotatable bonds is 1. The van der Waals surface area contributed by atoms with Crippen LogP contribution >= 0.6 is 0 Å². The number of aliphatic hydroxyl groups is 1. The van der Waals surface area contributed by atoms with Crippen LogP contribution in [-0.2, 0) is 9.53 Å². The molecule has 1 fully saturated rings. The lowest BCUT2D eigenvalue weighted by atomic mass is 10.0. The summed E-state index contributed by atoms with van der Waals surface area (Å²) in [6.45, 7) is 3.75. The molecule has 4 heteroatoms. The first-order valence-electron chi connectivity index (χ1n) is 3.62. The van der Waals surface area contributed by atoms with Gasteiger partial charge in [-0.15, -0.1) is 0 Å². The van der Waals surface area contributed by atoms with E-state index in [0.29, 0.717) is 0 Å². The van der Waals surface area contributed by atoms with Crippen molar-refractivity contribution in [3.63, 3.8) is 0 Å². The highest BCUT2D eigenvalue weighted by molar-refractivity contribution is 5.76. The fourth-order valence-corrected chi connectivity index (χ4v) is 1.07. The minimum absolute atomic E-state index is 0.0232. The Balaban J connectivity index is 2.58. The first-order valence-corrected chi connectivity index (χ1v) is 3.62. The number of carbonyl (C=O) groups is 1. The zero-order valence-electron chi connectivity index (χ0n) is 6.76. The van der Waals surface area contributed by atoms with Crippen molar-refractivity contribution in [3.8, 4) is 0 Å². The summed E-state index contributed by atoms with van der Waals surface area (Å²) in [5, 5.41) is 11.9. The predicted molar refractivity (Wildman–Crippen MR) is 39.0 cm³/mol. The van der Waals surface area contributed by atoms with Crippen LogP contribution in [0.2, 0.25) is 0 Å². The first kappa shape index (κ1) is 8.49. The molecule has 1 saturated heterocycles. The number of esters is 1. The van der Waals surface area contributed by atoms with Gasteiger partial charge in [-0.05, 0) is 13.8 Å². The van der Waals surface area contributed by atoms with E-state index in [1.807, 2.05) is 6.92 Å². The highest BCUT2D eigenvalue weighted by Gasteiger charge is 2.34. The standard InChI is InChI=1S/C7H13NO3/c1-5-6(10)11-4-7(2,3-9)8-5/h5,8-9H,3-4H2,1-2H3/t5-,7+/m0/s1. The minimum Gasteiger partial charge on any atom is -0.462 e. The summed E-state index contributed by atoms with van der Waals surface area (Å²) in [6, 6.07) is -0.319. The molecular weight excluding hydrogens is 146 g/mol. The highest BCUT2D eigenvalue weighted by atomic mass is 16.5. The lowest BCUT2D eigenvalue weighted by Crippen LogP contribution is -2.60. The van der Waals surface area contributed by atoms with Gasteiger partial charge in [0, 0.05) is 0 Å². The van der Waals surface area contributed by atoms with Gasteiger partial charge in [-0.1, -0.05) is 0 Å². The fraction of sp³-hybridized carbons (Fsp3) is 0.857. The van der Waals surface area contributed by atoms with Crippen LogP contribution in [0.4, 0.5) is 0 Å². The average Bonchev–Trinajstić information content (AvgIpc) is 1.98. The summed E-state index contributed by atoms with van der Waals surface area (Å²) in [4.78, 5) is 10.8. The summed E-state index contributed by atoms with van der Waals surface area (Å²) >= 11 is 0. The molecule has 0 aromatic carbocycles. The summed E-state index contributed by atoms with van der Waals surface area (Å²) < 4.78 is 4.84. The molecule has 0 unspecified atom stereocenters. The van der Waals surface area contributed by atoms with Crippen molar-refractivity contribution in [2.24, 2.45) is 0 Å². The van der Waals surface area contributed by atoms with Gasteiger partial charge in [-0.25, -0.2) is 0 Å². The summed E-state index contributed by atoms with van der Waals surface area (Å²) in [5.74, 6) is -0.254. The molecule has 0 bridgehead atoms. The van der Waals surface area contributed by atoms with E-state index >= 15 is 0 Å². The zero-order valence-corrected chi connectivity index (χ0v) is 6.76. The van der Waals surface area contributed by atoms with E-state index in [1.54, 1.807) is 6.92 Å². The highest BCUT2D eigenvalue weighted by Crippen LogP contribution is 2.11. The number of hydrogen-bond donors (Lipinski definition) is 2. The third-order valence-corrected chi connectivity index (χ3v) is 1.80. The number of ether oxygens (including phenoxy) is 1. The maximum absolute atomic E-state index is 10.8. The average molecular weight is 159 g/mol. The molecule has 0 radical (unpaired) electrons. The summed E-state index contributed by atoms with van der Waals surface area (Å²) in [7, 11) is 0. The molecule has 0 spiro atoms. The van der Waals surface area contributed by atoms with Gasteiger partial charge < -0.3 is 9.84 Å². The maximum Gasteiger partial charge on any atom is 0.322 e. The SMILES string of the molecule is C[C@@H]1N[C@](C)(CO)COC1=O. The van der Waals surface area contributed by atoms with Crippen molar-refractivity contribution in [2.45, 2.75) is 25.4 Å². The summed E-state index contributed by atoms with van der Waals surface area (Å²) in [6.07, 6.45) is 0. The van der Waals surface area contributed by atoms with Gasteiger partial charge in [0.25, 0.3) is 0 Å². The largest absolute Gasteiger partial charge is 0.462 e. The van der Waals surface area contributed by atoms with Gasteiger partial charge in [0.15, 0.2) is 0 Å². The number of hydrogen-bond acceptors (Lipinski definition) is 4. The van der Waals surface area contributed by atoms with Crippen molar-refractivity contribution in [3.05, 3.63) is 0 Å². The molecule has 0 aromatic rings. The maximum atomic E-state index is 10.8. The van der Waals surface area contributed by atoms with Crippen LogP contribution in [0.25, 0.3) is 0 Å². The number of aliphatic hydroxyl groups excluding tert-OH is 1. The molecule has 0 aliphatic carbocycles. The molecule has 1 aliphatic heterocycles. The normalized spacial score (nSPS) is 38.5. The molecular formula is C7H13NO3. The van der Waals surface area contributed by atoms with Gasteiger partial charge in [-0.2, -0.15) is 0 Å². The lowest BCUT2D eigenvalue weighted by molar-refractivity contribution is -0.155. The van der Waals surface area contributed by atoms with Gasteiger partial charge in [0.05, 0.1) is 12.1 Å². The monoisotopic (exact) mass is 159 g/mol. The van der Waals surface area contributed by atoms with Crippen LogP contribution in [0.1, 0.15) is 13.8 Å². The van der Waals surface area contributed by atoms with Crippen LogP contribution in [0, 0.1) is 0 Å². The molecule has 64 valence electrons. The van der Waals surface area contributed by atoms with Gasteiger partial charge >= 0.3 is 5.97 Å². The van der Waals surface area contributed by atoms with Gasteiger partial charge in [0.1, 0.15) is 12.6 Å². The molecule has 4 nitrogen and oxygen atoms in total. The Bertz CT molecular complexity index is 171. The van der Waals surface area contributed by atoms with Crippen LogP contribution in [-0.4, -0.2) is 35.9 Å². The molecule has 11 heavy (non-hydrogen) atoms. The first-order chi connectivity index (χ1) is 5.07. The van der Waals surface area contributed by atoms with Crippen molar-refractivity contribution in [2.75, 3.05) is 13.2 Å². The second kappa shape index (κ2) is 2.79. The third-order valence-electron chi connectivity index (χ3n) is 1.80. The lowest BCUT2D eigenvalue weighted by Gasteiger charge is -2.35. The van der Waals surface area contributed by atoms with Crippen molar-refractivity contribution in [1.82, 2.24) is 5.32 Å². The molecule has 1 heterocycles. The summed E-state index contributed by atoms with van der Waals surface area (Å²) in [5.41, 5.74) is -0.465.